The van der Waals surface area contributed by atoms with Gasteiger partial charge in [-0.3, -0.25) is 4.21 Å². The molecular formula is C11H23NO3S. The molecule has 1 N–H and O–H groups in total. The lowest BCUT2D eigenvalue weighted by molar-refractivity contribution is -0.253. The van der Waals surface area contributed by atoms with E-state index < -0.39 is 16.6 Å². The van der Waals surface area contributed by atoms with Gasteiger partial charge in [0, 0.05) is 28.9 Å². The maximum Gasteiger partial charge on any atom is 0.162 e. The van der Waals surface area contributed by atoms with Crippen molar-refractivity contribution in [1.29, 1.82) is 0 Å². The second-order valence-corrected chi connectivity index (χ2v) is 6.41. The maximum atomic E-state index is 11.0. The van der Waals surface area contributed by atoms with Gasteiger partial charge in [0.15, 0.2) is 5.79 Å². The molecule has 5 heteroatoms. The van der Waals surface area contributed by atoms with Gasteiger partial charge in [0.1, 0.15) is 0 Å². The van der Waals surface area contributed by atoms with Crippen molar-refractivity contribution >= 4 is 10.8 Å². The van der Waals surface area contributed by atoms with E-state index in [1.165, 1.54) is 0 Å². The fourth-order valence-electron chi connectivity index (χ4n) is 1.62. The molecule has 0 aliphatic carbocycles. The fraction of sp³-hybridized carbons (Fsp3) is 1.00. The predicted octanol–water partition coefficient (Wildman–Crippen LogP) is 0.885. The van der Waals surface area contributed by atoms with Crippen LogP contribution in [0.1, 0.15) is 27.2 Å². The van der Waals surface area contributed by atoms with Gasteiger partial charge >= 0.3 is 0 Å². The minimum atomic E-state index is -0.708. The molecule has 1 fully saturated rings. The third-order valence-electron chi connectivity index (χ3n) is 2.62. The molecule has 0 bridgehead atoms. The number of hydrogen-bond acceptors (Lipinski definition) is 4. The molecule has 1 heterocycles. The summed E-state index contributed by atoms with van der Waals surface area (Å²) in [4.78, 5) is 0. The van der Waals surface area contributed by atoms with Gasteiger partial charge < -0.3 is 14.8 Å². The Bertz CT molecular complexity index is 235. The molecule has 1 aliphatic rings. The SMILES string of the molecule is CC(CCS(C)=O)NC1COC(C)(C)OC1. The molecule has 16 heavy (non-hydrogen) atoms. The number of ether oxygens (including phenoxy) is 2. The van der Waals surface area contributed by atoms with Crippen molar-refractivity contribution in [1.82, 2.24) is 5.32 Å². The van der Waals surface area contributed by atoms with E-state index in [-0.39, 0.29) is 6.04 Å². The van der Waals surface area contributed by atoms with Crippen LogP contribution in [0, 0.1) is 0 Å². The smallest absolute Gasteiger partial charge is 0.162 e. The van der Waals surface area contributed by atoms with Gasteiger partial charge in [0.05, 0.1) is 19.3 Å². The molecule has 0 aromatic rings. The summed E-state index contributed by atoms with van der Waals surface area (Å²) < 4.78 is 22.1. The third-order valence-corrected chi connectivity index (χ3v) is 3.43. The summed E-state index contributed by atoms with van der Waals surface area (Å²) in [6, 6.07) is 0.593. The topological polar surface area (TPSA) is 47.6 Å². The fourth-order valence-corrected chi connectivity index (χ4v) is 2.30. The van der Waals surface area contributed by atoms with Crippen molar-refractivity contribution in [2.24, 2.45) is 0 Å². The lowest BCUT2D eigenvalue weighted by atomic mass is 10.2. The van der Waals surface area contributed by atoms with E-state index >= 15 is 0 Å². The van der Waals surface area contributed by atoms with Crippen molar-refractivity contribution < 1.29 is 13.7 Å². The van der Waals surface area contributed by atoms with Crippen molar-refractivity contribution in [2.45, 2.75) is 45.1 Å². The van der Waals surface area contributed by atoms with Crippen LogP contribution in [0.15, 0.2) is 0 Å². The Kier molecular flexibility index (Phi) is 5.37. The summed E-state index contributed by atoms with van der Waals surface area (Å²) in [7, 11) is -0.708. The minimum absolute atomic E-state index is 0.244. The largest absolute Gasteiger partial charge is 0.349 e. The molecule has 2 unspecified atom stereocenters. The first kappa shape index (κ1) is 14.1. The molecule has 0 saturated carbocycles. The normalized spacial score (nSPS) is 25.2. The highest BCUT2D eigenvalue weighted by Crippen LogP contribution is 2.17. The summed E-state index contributed by atoms with van der Waals surface area (Å²) in [6.45, 7) is 7.30. The van der Waals surface area contributed by atoms with Gasteiger partial charge in [-0.05, 0) is 27.2 Å². The molecule has 1 saturated heterocycles. The highest BCUT2D eigenvalue weighted by molar-refractivity contribution is 7.84. The average molecular weight is 249 g/mol. The minimum Gasteiger partial charge on any atom is -0.349 e. The van der Waals surface area contributed by atoms with Crippen LogP contribution >= 0.6 is 0 Å². The van der Waals surface area contributed by atoms with Gasteiger partial charge in [-0.15, -0.1) is 0 Å². The highest BCUT2D eigenvalue weighted by atomic mass is 32.2. The van der Waals surface area contributed by atoms with Gasteiger partial charge in [0.2, 0.25) is 0 Å². The molecule has 4 nitrogen and oxygen atoms in total. The zero-order chi connectivity index (χ0) is 12.2. The molecule has 0 amide bonds. The Labute approximate surface area is 101 Å². The van der Waals surface area contributed by atoms with Crippen LogP contribution in [-0.2, 0) is 20.3 Å². The Morgan fingerprint density at radius 1 is 1.44 bits per heavy atom. The molecule has 0 aromatic heterocycles. The Morgan fingerprint density at radius 3 is 2.50 bits per heavy atom. The van der Waals surface area contributed by atoms with Crippen molar-refractivity contribution in [3.05, 3.63) is 0 Å². The van der Waals surface area contributed by atoms with Crippen LogP contribution in [0.4, 0.5) is 0 Å². The standard InChI is InChI=1S/C11H23NO3S/c1-9(5-6-16(4)13)12-10-7-14-11(2,3)15-8-10/h9-10,12H,5-8H2,1-4H3. The van der Waals surface area contributed by atoms with E-state index in [0.29, 0.717) is 19.3 Å². The first-order chi connectivity index (χ1) is 7.39. The average Bonchev–Trinajstić information content (AvgIpc) is 2.18. The quantitative estimate of drug-likeness (QED) is 0.786. The summed E-state index contributed by atoms with van der Waals surface area (Å²) in [5.74, 6) is 0.292. The molecule has 0 spiro atoms. The first-order valence-electron chi connectivity index (χ1n) is 5.73. The summed E-state index contributed by atoms with van der Waals surface area (Å²) in [5.41, 5.74) is 0. The van der Waals surface area contributed by atoms with Gasteiger partial charge in [-0.25, -0.2) is 0 Å². The lowest BCUT2D eigenvalue weighted by Crippen LogP contribution is -2.51. The van der Waals surface area contributed by atoms with Crippen molar-refractivity contribution in [2.75, 3.05) is 25.2 Å². The molecule has 96 valence electrons. The van der Waals surface area contributed by atoms with E-state index in [9.17, 15) is 4.21 Å². The second-order valence-electron chi connectivity index (χ2n) is 4.85. The highest BCUT2D eigenvalue weighted by Gasteiger charge is 2.28. The van der Waals surface area contributed by atoms with Crippen LogP contribution in [-0.4, -0.2) is 47.3 Å². The molecular weight excluding hydrogens is 226 g/mol. The molecule has 1 rings (SSSR count). The lowest BCUT2D eigenvalue weighted by Gasteiger charge is -2.36. The number of rotatable bonds is 5. The third kappa shape index (κ3) is 5.39. The Balaban J connectivity index is 2.20. The molecule has 2 atom stereocenters. The van der Waals surface area contributed by atoms with Crippen LogP contribution in [0.5, 0.6) is 0 Å². The van der Waals surface area contributed by atoms with E-state index in [0.717, 1.165) is 12.2 Å². The van der Waals surface area contributed by atoms with E-state index in [1.54, 1.807) is 6.26 Å². The van der Waals surface area contributed by atoms with Crippen LogP contribution in [0.3, 0.4) is 0 Å². The zero-order valence-electron chi connectivity index (χ0n) is 10.6. The van der Waals surface area contributed by atoms with Crippen molar-refractivity contribution in [3.8, 4) is 0 Å². The molecule has 0 aromatic carbocycles. The van der Waals surface area contributed by atoms with Gasteiger partial charge in [-0.1, -0.05) is 0 Å². The van der Waals surface area contributed by atoms with Crippen LogP contribution < -0.4 is 5.32 Å². The summed E-state index contributed by atoms with van der Waals surface area (Å²) in [6.07, 6.45) is 2.66. The Hall–Kier alpha value is 0.0300. The number of nitrogens with one attached hydrogen (secondary N) is 1. The zero-order valence-corrected chi connectivity index (χ0v) is 11.4. The molecule has 1 aliphatic heterocycles. The summed E-state index contributed by atoms with van der Waals surface area (Å²) in [5, 5.41) is 3.43. The van der Waals surface area contributed by atoms with Crippen LogP contribution in [0.2, 0.25) is 0 Å². The second kappa shape index (κ2) is 6.10. The van der Waals surface area contributed by atoms with Gasteiger partial charge in [-0.2, -0.15) is 0 Å². The maximum absolute atomic E-state index is 11.0. The van der Waals surface area contributed by atoms with Gasteiger partial charge in [0.25, 0.3) is 0 Å². The first-order valence-corrected chi connectivity index (χ1v) is 7.46. The monoisotopic (exact) mass is 249 g/mol. The molecule has 0 radical (unpaired) electrons. The van der Waals surface area contributed by atoms with Crippen molar-refractivity contribution in [3.63, 3.8) is 0 Å². The Morgan fingerprint density at radius 2 is 2.00 bits per heavy atom. The predicted molar refractivity (Wildman–Crippen MR) is 65.9 cm³/mol. The summed E-state index contributed by atoms with van der Waals surface area (Å²) >= 11 is 0. The van der Waals surface area contributed by atoms with Crippen LogP contribution in [0.25, 0.3) is 0 Å². The number of hydrogen-bond donors (Lipinski definition) is 1. The van der Waals surface area contributed by atoms with E-state index in [4.69, 9.17) is 9.47 Å². The van der Waals surface area contributed by atoms with E-state index in [2.05, 4.69) is 12.2 Å². The van der Waals surface area contributed by atoms with E-state index in [1.807, 2.05) is 13.8 Å².